The fourth-order valence-corrected chi connectivity index (χ4v) is 4.37. The Labute approximate surface area is 243 Å². The van der Waals surface area contributed by atoms with Crippen LogP contribution < -0.4 is 16.0 Å². The summed E-state index contributed by atoms with van der Waals surface area (Å²) < 4.78 is 0. The zero-order valence-corrected chi connectivity index (χ0v) is 24.9. The second-order valence-electron chi connectivity index (χ2n) is 12.2. The number of Topliss-reactive ketones (excluding diaryl/α,β-unsaturated/α-hetero) is 1. The number of nitrogens with one attached hydrogen (secondary N) is 3. The molecule has 219 valence electrons. The van der Waals surface area contributed by atoms with Crippen LogP contribution in [0, 0.1) is 23.7 Å². The van der Waals surface area contributed by atoms with Crippen LogP contribution in [0.4, 0.5) is 0 Å². The summed E-state index contributed by atoms with van der Waals surface area (Å²) in [5.74, 6) is -1.80. The van der Waals surface area contributed by atoms with Crippen LogP contribution in [-0.4, -0.2) is 65.0 Å². The van der Waals surface area contributed by atoms with E-state index in [1.807, 2.05) is 27.2 Å². The number of amides is 4. The fourth-order valence-electron chi connectivity index (χ4n) is 4.37. The van der Waals surface area contributed by atoms with E-state index in [9.17, 15) is 24.0 Å². The van der Waals surface area contributed by atoms with Gasteiger partial charge in [-0.25, -0.2) is 0 Å². The normalized spacial score (nSPS) is 22.1. The molecule has 3 aliphatic carbocycles. The number of hydrogen-bond donors (Lipinski definition) is 3. The molecule has 1 heterocycles. The van der Waals surface area contributed by atoms with Crippen LogP contribution in [-0.2, 0) is 42.5 Å². The third-order valence-corrected chi connectivity index (χ3v) is 7.06. The zero-order chi connectivity index (χ0) is 27.3. The first-order chi connectivity index (χ1) is 17.5. The number of carbonyl (C=O) groups is 5. The van der Waals surface area contributed by atoms with Gasteiger partial charge in [0.25, 0.3) is 5.91 Å². The van der Waals surface area contributed by atoms with E-state index in [0.29, 0.717) is 25.3 Å². The van der Waals surface area contributed by atoms with Crippen molar-refractivity contribution >= 4 is 29.4 Å². The van der Waals surface area contributed by atoms with Gasteiger partial charge in [-0.1, -0.05) is 53.9 Å². The molecule has 3 N–H and O–H groups in total. The second-order valence-corrected chi connectivity index (χ2v) is 12.2. The van der Waals surface area contributed by atoms with Crippen molar-refractivity contribution in [1.82, 2.24) is 20.9 Å². The number of ketones is 1. The van der Waals surface area contributed by atoms with E-state index in [-0.39, 0.29) is 46.6 Å². The van der Waals surface area contributed by atoms with Crippen molar-refractivity contribution in [1.29, 1.82) is 0 Å². The smallest absolute Gasteiger partial charge is 0.289 e. The van der Waals surface area contributed by atoms with Gasteiger partial charge < -0.3 is 27.3 Å². The van der Waals surface area contributed by atoms with Gasteiger partial charge in [-0.3, -0.25) is 24.0 Å². The van der Waals surface area contributed by atoms with Gasteiger partial charge in [-0.2, -0.15) is 0 Å². The van der Waals surface area contributed by atoms with E-state index < -0.39 is 41.1 Å². The van der Waals surface area contributed by atoms with Crippen LogP contribution in [0.25, 0.3) is 0 Å². The maximum absolute atomic E-state index is 13.5. The number of nitrogens with zero attached hydrogens (tertiary/aromatic N) is 1. The molecule has 0 spiro atoms. The minimum absolute atomic E-state index is 0. The Kier molecular flexibility index (Phi) is 11.9. The molecule has 4 rings (SSSR count). The quantitative estimate of drug-likeness (QED) is 0.273. The first kappa shape index (κ1) is 32.3. The Morgan fingerprint density at radius 1 is 0.947 bits per heavy atom. The number of carbonyl (C=O) groups excluding carboxylic acids is 5. The Morgan fingerprint density at radius 3 is 2.05 bits per heavy atom. The van der Waals surface area contributed by atoms with Crippen LogP contribution in [0.5, 0.6) is 0 Å². The van der Waals surface area contributed by atoms with Crippen molar-refractivity contribution in [3.8, 4) is 0 Å². The molecule has 4 amide bonds. The summed E-state index contributed by atoms with van der Waals surface area (Å²) >= 11 is 0. The van der Waals surface area contributed by atoms with Crippen LogP contribution in [0.2, 0.25) is 0 Å². The SMILES string of the molecule is CC(C)(C)[C@H](NC(=O)C1CC1)C(=O)N1C[CH-]C[C@H]1C(=O)NC(CC1CC1)C(=O)C(=O)NC1CC1.CCC.[HH].[HH].[HH].[V]. The molecule has 9 nitrogen and oxygen atoms in total. The molecule has 3 atom stereocenters. The van der Waals surface area contributed by atoms with Gasteiger partial charge in [0.15, 0.2) is 0 Å². The molecule has 0 aromatic rings. The van der Waals surface area contributed by atoms with Crippen molar-refractivity contribution in [3.63, 3.8) is 0 Å². The molecule has 1 saturated heterocycles. The zero-order valence-electron chi connectivity index (χ0n) is 23.5. The van der Waals surface area contributed by atoms with Crippen molar-refractivity contribution in [2.24, 2.45) is 17.3 Å². The van der Waals surface area contributed by atoms with Gasteiger partial charge >= 0.3 is 0 Å². The summed E-state index contributed by atoms with van der Waals surface area (Å²) in [5.41, 5.74) is -0.531. The fraction of sp³-hybridized carbons (Fsp3) is 0.786. The van der Waals surface area contributed by atoms with E-state index in [1.54, 1.807) is 0 Å². The Bertz CT molecular complexity index is 892. The molecule has 38 heavy (non-hydrogen) atoms. The minimum Gasteiger partial charge on any atom is -0.361 e. The average Bonchev–Trinajstić information content (AvgIpc) is 3.68. The van der Waals surface area contributed by atoms with Gasteiger partial charge in [0.05, 0.1) is 12.1 Å². The summed E-state index contributed by atoms with van der Waals surface area (Å²) in [6.45, 7) is 10.2. The maximum atomic E-state index is 13.5. The van der Waals surface area contributed by atoms with Crippen molar-refractivity contribution in [2.75, 3.05) is 6.54 Å². The monoisotopic (exact) mass is 574 g/mol. The predicted molar refractivity (Wildman–Crippen MR) is 146 cm³/mol. The standard InChI is InChI=1S/C25H37N4O5.C3H8.V.3H2/c1-25(2,3)20(28-21(31)15-8-9-15)24(34)29-12-4-5-18(29)22(32)27-17(13-14-6-7-14)19(30)23(33)26-16-10-11-16;1-3-2;;;;/h4,14-18,20H,5-13H2,1-3H3,(H,26,33)(H,27,32)(H,28,31);3H2,1-2H3;;3*1H/q-1;;;;;/t17?,18-,20+;;;;;/m0...../s1. The van der Waals surface area contributed by atoms with Crippen LogP contribution >= 0.6 is 0 Å². The van der Waals surface area contributed by atoms with Crippen molar-refractivity contribution < 1.29 is 46.8 Å². The molecule has 10 heteroatoms. The molecule has 1 radical (unpaired) electrons. The minimum atomic E-state index is -0.885. The maximum Gasteiger partial charge on any atom is 0.289 e. The van der Waals surface area contributed by atoms with E-state index >= 15 is 0 Å². The van der Waals surface area contributed by atoms with E-state index in [0.717, 1.165) is 38.5 Å². The van der Waals surface area contributed by atoms with Gasteiger partial charge in [0.2, 0.25) is 23.5 Å². The van der Waals surface area contributed by atoms with Gasteiger partial charge in [0.1, 0.15) is 6.04 Å². The van der Waals surface area contributed by atoms with Crippen LogP contribution in [0.3, 0.4) is 0 Å². The molecule has 3 saturated carbocycles. The molecule has 1 unspecified atom stereocenters. The third kappa shape index (κ3) is 9.40. The average molecular weight is 575 g/mol. The largest absolute Gasteiger partial charge is 0.361 e. The molecule has 0 aromatic heterocycles. The van der Waals surface area contributed by atoms with Crippen molar-refractivity contribution in [2.45, 2.75) is 117 Å². The Morgan fingerprint density at radius 2 is 1.55 bits per heavy atom. The summed E-state index contributed by atoms with van der Waals surface area (Å²) in [6.07, 6.45) is 9.31. The van der Waals surface area contributed by atoms with Gasteiger partial charge in [0, 0.05) is 34.8 Å². The molecule has 4 fully saturated rings. The summed E-state index contributed by atoms with van der Waals surface area (Å²) in [5, 5.41) is 8.40. The number of likely N-dealkylation sites (tertiary alicyclic amines) is 1. The summed E-state index contributed by atoms with van der Waals surface area (Å²) in [4.78, 5) is 65.8. The number of rotatable bonds is 10. The Hall–Kier alpha value is -1.87. The van der Waals surface area contributed by atoms with Crippen LogP contribution in [0.1, 0.15) is 96.7 Å². The number of hydrogen-bond acceptors (Lipinski definition) is 5. The molecule has 0 bridgehead atoms. The van der Waals surface area contributed by atoms with E-state index in [2.05, 4.69) is 29.8 Å². The van der Waals surface area contributed by atoms with E-state index in [4.69, 9.17) is 0 Å². The predicted octanol–water partition coefficient (Wildman–Crippen LogP) is 3.02. The summed E-state index contributed by atoms with van der Waals surface area (Å²) in [7, 11) is 0. The molecule has 0 aromatic carbocycles. The topological polar surface area (TPSA) is 125 Å². The molecule has 4 aliphatic rings. The van der Waals surface area contributed by atoms with Crippen molar-refractivity contribution in [3.05, 3.63) is 6.42 Å². The second kappa shape index (κ2) is 14.0. The van der Waals surface area contributed by atoms with Crippen LogP contribution in [0.15, 0.2) is 0 Å². The van der Waals surface area contributed by atoms with Gasteiger partial charge in [-0.15, -0.1) is 13.0 Å². The van der Waals surface area contributed by atoms with Gasteiger partial charge in [-0.05, 0) is 43.4 Å². The molecular weight excluding hydrogens is 523 g/mol. The third-order valence-electron chi connectivity index (χ3n) is 7.06. The first-order valence-electron chi connectivity index (χ1n) is 14.0. The molecule has 1 aliphatic heterocycles. The first-order valence-corrected chi connectivity index (χ1v) is 14.0. The summed E-state index contributed by atoms with van der Waals surface area (Å²) in [6, 6.07) is -2.34. The molecular formula is C28H51N4O5V-. The van der Waals surface area contributed by atoms with E-state index in [1.165, 1.54) is 11.3 Å². The Balaban J connectivity index is 0.